The van der Waals surface area contributed by atoms with Gasteiger partial charge in [-0.15, -0.1) is 0 Å². The Hall–Kier alpha value is -3.92. The molecule has 0 unspecified atom stereocenters. The molecule has 0 radical (unpaired) electrons. The zero-order valence-electron chi connectivity index (χ0n) is 19.2. The highest BCUT2D eigenvalue weighted by Crippen LogP contribution is 2.32. The van der Waals surface area contributed by atoms with Crippen molar-refractivity contribution in [3.8, 4) is 11.5 Å². The number of furan rings is 1. The van der Waals surface area contributed by atoms with Crippen molar-refractivity contribution in [3.05, 3.63) is 69.6 Å². The van der Waals surface area contributed by atoms with Crippen LogP contribution in [0.25, 0.3) is 22.5 Å². The molecule has 1 saturated heterocycles. The topological polar surface area (TPSA) is 111 Å². The Bertz CT molecular complexity index is 1410. The standard InChI is InChI=1S/C24H23ClN6O4/c1-15(2)30-23-18(14-26-30)17(13-19(27-23)22-4-3-11-35-22)24(32)29-9-7-28(8-10-29)20-6-5-16(25)12-21(20)31(33)34/h3-6,11-15H,7-10H2,1-2H3. The third kappa shape index (κ3) is 4.21. The predicted molar refractivity (Wildman–Crippen MR) is 132 cm³/mol. The number of benzene rings is 1. The third-order valence-corrected chi connectivity index (χ3v) is 6.34. The maximum atomic E-state index is 13.7. The van der Waals surface area contributed by atoms with Crippen LogP contribution >= 0.6 is 11.6 Å². The molecule has 5 rings (SSSR count). The SMILES string of the molecule is CC(C)n1ncc2c(C(=O)N3CCN(c4ccc(Cl)cc4[N+](=O)[O-])CC3)cc(-c3ccco3)nc21. The van der Waals surface area contributed by atoms with Gasteiger partial charge in [-0.25, -0.2) is 9.67 Å². The van der Waals surface area contributed by atoms with Crippen molar-refractivity contribution in [2.24, 2.45) is 0 Å². The minimum Gasteiger partial charge on any atom is -0.463 e. The van der Waals surface area contributed by atoms with Gasteiger partial charge in [-0.3, -0.25) is 14.9 Å². The molecular formula is C24H23ClN6O4. The normalized spacial score (nSPS) is 14.2. The van der Waals surface area contributed by atoms with E-state index in [9.17, 15) is 14.9 Å². The van der Waals surface area contributed by atoms with E-state index in [0.29, 0.717) is 64.9 Å². The first kappa shape index (κ1) is 22.9. The number of carbonyl (C=O) groups is 1. The van der Waals surface area contributed by atoms with Crippen LogP contribution in [-0.2, 0) is 0 Å². The van der Waals surface area contributed by atoms with Crippen LogP contribution in [0.15, 0.2) is 53.3 Å². The summed E-state index contributed by atoms with van der Waals surface area (Å²) in [4.78, 5) is 33.1. The summed E-state index contributed by atoms with van der Waals surface area (Å²) in [6.07, 6.45) is 3.24. The van der Waals surface area contributed by atoms with E-state index in [1.54, 1.807) is 52.4 Å². The molecule has 1 amide bonds. The fourth-order valence-electron chi connectivity index (χ4n) is 4.35. The molecule has 1 aromatic carbocycles. The first-order chi connectivity index (χ1) is 16.8. The fraction of sp³-hybridized carbons (Fsp3) is 0.292. The number of anilines is 1. The van der Waals surface area contributed by atoms with Crippen LogP contribution in [-0.4, -0.2) is 56.7 Å². The molecule has 1 aliphatic rings. The molecule has 4 aromatic rings. The van der Waals surface area contributed by atoms with E-state index >= 15 is 0 Å². The molecule has 35 heavy (non-hydrogen) atoms. The number of nitrogens with zero attached hydrogens (tertiary/aromatic N) is 6. The van der Waals surface area contributed by atoms with Crippen LogP contribution in [0, 0.1) is 10.1 Å². The summed E-state index contributed by atoms with van der Waals surface area (Å²) in [5.74, 6) is 0.427. The Morgan fingerprint density at radius 1 is 1.17 bits per heavy atom. The number of aromatic nitrogens is 3. The minimum atomic E-state index is -0.436. The van der Waals surface area contributed by atoms with E-state index in [2.05, 4.69) is 5.10 Å². The third-order valence-electron chi connectivity index (χ3n) is 6.10. The van der Waals surface area contributed by atoms with Crippen LogP contribution < -0.4 is 4.90 Å². The van der Waals surface area contributed by atoms with Gasteiger partial charge in [0.1, 0.15) is 11.4 Å². The maximum Gasteiger partial charge on any atom is 0.294 e. The van der Waals surface area contributed by atoms with Crippen LogP contribution in [0.2, 0.25) is 5.02 Å². The van der Waals surface area contributed by atoms with Crippen molar-refractivity contribution < 1.29 is 14.1 Å². The lowest BCUT2D eigenvalue weighted by molar-refractivity contribution is -0.384. The van der Waals surface area contributed by atoms with Gasteiger partial charge in [0.05, 0.1) is 28.3 Å². The molecule has 0 bridgehead atoms. The number of rotatable bonds is 5. The van der Waals surface area contributed by atoms with Crippen molar-refractivity contribution in [2.75, 3.05) is 31.1 Å². The number of pyridine rings is 1. The Labute approximate surface area is 205 Å². The Balaban J connectivity index is 1.44. The van der Waals surface area contributed by atoms with E-state index < -0.39 is 4.92 Å². The van der Waals surface area contributed by atoms with Gasteiger partial charge in [-0.1, -0.05) is 11.6 Å². The highest BCUT2D eigenvalue weighted by atomic mass is 35.5. The van der Waals surface area contributed by atoms with Gasteiger partial charge in [-0.05, 0) is 44.2 Å². The number of nitro groups is 1. The molecular weight excluding hydrogens is 472 g/mol. The molecule has 0 saturated carbocycles. The number of carbonyl (C=O) groups excluding carboxylic acids is 1. The molecule has 4 heterocycles. The summed E-state index contributed by atoms with van der Waals surface area (Å²) in [7, 11) is 0. The van der Waals surface area contributed by atoms with Crippen molar-refractivity contribution in [1.29, 1.82) is 0 Å². The zero-order valence-corrected chi connectivity index (χ0v) is 20.0. The summed E-state index contributed by atoms with van der Waals surface area (Å²) in [6.45, 7) is 5.75. The van der Waals surface area contributed by atoms with E-state index in [4.69, 9.17) is 21.0 Å². The number of fused-ring (bicyclic) bond motifs is 1. The Morgan fingerprint density at radius 2 is 1.94 bits per heavy atom. The number of nitro benzene ring substituents is 1. The van der Waals surface area contributed by atoms with Crippen LogP contribution in [0.4, 0.5) is 11.4 Å². The molecule has 180 valence electrons. The largest absolute Gasteiger partial charge is 0.463 e. The molecule has 0 atom stereocenters. The number of hydrogen-bond acceptors (Lipinski definition) is 7. The molecule has 1 aliphatic heterocycles. The maximum absolute atomic E-state index is 13.7. The number of hydrogen-bond donors (Lipinski definition) is 0. The Kier molecular flexibility index (Phi) is 5.89. The molecule has 11 heteroatoms. The average Bonchev–Trinajstić information content (AvgIpc) is 3.53. The van der Waals surface area contributed by atoms with Crippen LogP contribution in [0.1, 0.15) is 30.2 Å². The molecule has 10 nitrogen and oxygen atoms in total. The summed E-state index contributed by atoms with van der Waals surface area (Å²) in [5, 5.41) is 17.0. The lowest BCUT2D eigenvalue weighted by atomic mass is 10.1. The van der Waals surface area contributed by atoms with Crippen molar-refractivity contribution >= 4 is 39.9 Å². The lowest BCUT2D eigenvalue weighted by Crippen LogP contribution is -2.49. The van der Waals surface area contributed by atoms with Gasteiger partial charge in [0.25, 0.3) is 11.6 Å². The van der Waals surface area contributed by atoms with Crippen molar-refractivity contribution in [1.82, 2.24) is 19.7 Å². The van der Waals surface area contributed by atoms with Gasteiger partial charge in [0, 0.05) is 43.3 Å². The first-order valence-corrected chi connectivity index (χ1v) is 11.6. The number of halogens is 1. The molecule has 0 aliphatic carbocycles. The summed E-state index contributed by atoms with van der Waals surface area (Å²) < 4.78 is 7.33. The fourth-order valence-corrected chi connectivity index (χ4v) is 4.52. The second kappa shape index (κ2) is 9.03. The summed E-state index contributed by atoms with van der Waals surface area (Å²) in [6, 6.07) is 10.0. The van der Waals surface area contributed by atoms with E-state index in [1.165, 1.54) is 6.07 Å². The second-order valence-corrected chi connectivity index (χ2v) is 9.06. The summed E-state index contributed by atoms with van der Waals surface area (Å²) >= 11 is 5.96. The van der Waals surface area contributed by atoms with Gasteiger partial charge in [0.2, 0.25) is 0 Å². The number of amides is 1. The van der Waals surface area contributed by atoms with E-state index in [0.717, 1.165) is 0 Å². The highest BCUT2D eigenvalue weighted by molar-refractivity contribution is 6.30. The lowest BCUT2D eigenvalue weighted by Gasteiger charge is -2.36. The number of piperazine rings is 1. The minimum absolute atomic E-state index is 0.0442. The van der Waals surface area contributed by atoms with Crippen LogP contribution in [0.5, 0.6) is 0 Å². The molecule has 0 N–H and O–H groups in total. The molecule has 3 aromatic heterocycles. The van der Waals surface area contributed by atoms with Crippen LogP contribution in [0.3, 0.4) is 0 Å². The zero-order chi connectivity index (χ0) is 24.7. The van der Waals surface area contributed by atoms with Crippen molar-refractivity contribution in [3.63, 3.8) is 0 Å². The molecule has 1 fully saturated rings. The van der Waals surface area contributed by atoms with E-state index in [-0.39, 0.29) is 17.6 Å². The van der Waals surface area contributed by atoms with Gasteiger partial charge in [-0.2, -0.15) is 5.10 Å². The van der Waals surface area contributed by atoms with Crippen molar-refractivity contribution in [2.45, 2.75) is 19.9 Å². The van der Waals surface area contributed by atoms with E-state index in [1.807, 2.05) is 18.7 Å². The summed E-state index contributed by atoms with van der Waals surface area (Å²) in [5.41, 5.74) is 2.13. The van der Waals surface area contributed by atoms with Gasteiger partial charge >= 0.3 is 0 Å². The average molecular weight is 495 g/mol. The predicted octanol–water partition coefficient (Wildman–Crippen LogP) is 4.80. The smallest absolute Gasteiger partial charge is 0.294 e. The second-order valence-electron chi connectivity index (χ2n) is 8.62. The molecule has 0 spiro atoms. The van der Waals surface area contributed by atoms with Gasteiger partial charge < -0.3 is 14.2 Å². The first-order valence-electron chi connectivity index (χ1n) is 11.2. The van der Waals surface area contributed by atoms with Gasteiger partial charge in [0.15, 0.2) is 11.4 Å². The highest BCUT2D eigenvalue weighted by Gasteiger charge is 2.28. The quantitative estimate of drug-likeness (QED) is 0.289. The Morgan fingerprint density at radius 3 is 2.60 bits per heavy atom. The monoisotopic (exact) mass is 494 g/mol.